The Kier molecular flexibility index (Phi) is 2.52. The van der Waals surface area contributed by atoms with Crippen LogP contribution in [0.4, 0.5) is 19.0 Å². The number of rotatable bonds is 1. The van der Waals surface area contributed by atoms with E-state index < -0.39 is 17.5 Å². The molecular weight excluding hydrogens is 217 g/mol. The van der Waals surface area contributed by atoms with Crippen molar-refractivity contribution in [2.45, 2.75) is 0 Å². The van der Waals surface area contributed by atoms with Crippen LogP contribution >= 0.6 is 0 Å². The van der Waals surface area contributed by atoms with Gasteiger partial charge in [-0.1, -0.05) is 0 Å². The molecule has 2 aromatic rings. The molecule has 0 bridgehead atoms. The molecule has 0 aliphatic rings. The molecule has 2 rings (SSSR count). The van der Waals surface area contributed by atoms with E-state index >= 15 is 0 Å². The molecule has 0 saturated heterocycles. The Morgan fingerprint density at radius 2 is 1.62 bits per heavy atom. The first-order valence-corrected chi connectivity index (χ1v) is 4.44. The molecule has 0 radical (unpaired) electrons. The van der Waals surface area contributed by atoms with Crippen LogP contribution in [-0.2, 0) is 0 Å². The number of halogens is 3. The minimum absolute atomic E-state index is 0.0496. The third-order valence-electron chi connectivity index (χ3n) is 2.11. The zero-order valence-electron chi connectivity index (χ0n) is 8.05. The van der Waals surface area contributed by atoms with Crippen LogP contribution in [0.25, 0.3) is 11.1 Å². The summed E-state index contributed by atoms with van der Waals surface area (Å²) in [5.74, 6) is -2.89. The van der Waals surface area contributed by atoms with Crippen LogP contribution < -0.4 is 5.73 Å². The SMILES string of the molecule is Nc1ccc(-c2cc(F)c(F)cc2F)cn1. The maximum absolute atomic E-state index is 13.4. The van der Waals surface area contributed by atoms with Gasteiger partial charge in [0, 0.05) is 23.4 Å². The summed E-state index contributed by atoms with van der Waals surface area (Å²) in [5, 5.41) is 0. The number of benzene rings is 1. The number of nitrogen functional groups attached to an aromatic ring is 1. The van der Waals surface area contributed by atoms with Crippen molar-refractivity contribution in [3.05, 3.63) is 47.9 Å². The summed E-state index contributed by atoms with van der Waals surface area (Å²) in [4.78, 5) is 3.74. The predicted molar refractivity (Wildman–Crippen MR) is 54.0 cm³/mol. The Morgan fingerprint density at radius 3 is 2.25 bits per heavy atom. The van der Waals surface area contributed by atoms with Crippen LogP contribution in [0.1, 0.15) is 0 Å². The second-order valence-corrected chi connectivity index (χ2v) is 3.22. The summed E-state index contributed by atoms with van der Waals surface area (Å²) >= 11 is 0. The molecule has 1 aromatic carbocycles. The van der Waals surface area contributed by atoms with Crippen molar-refractivity contribution in [2.75, 3.05) is 5.73 Å². The molecule has 2 nitrogen and oxygen atoms in total. The van der Waals surface area contributed by atoms with Crippen LogP contribution in [0.3, 0.4) is 0 Å². The molecule has 2 N–H and O–H groups in total. The fourth-order valence-corrected chi connectivity index (χ4v) is 1.31. The number of nitrogens with zero attached hydrogens (tertiary/aromatic N) is 1. The van der Waals surface area contributed by atoms with Crippen molar-refractivity contribution in [1.82, 2.24) is 4.98 Å². The van der Waals surface area contributed by atoms with E-state index in [1.54, 1.807) is 0 Å². The van der Waals surface area contributed by atoms with Crippen molar-refractivity contribution >= 4 is 5.82 Å². The van der Waals surface area contributed by atoms with Crippen molar-refractivity contribution < 1.29 is 13.2 Å². The summed E-state index contributed by atoms with van der Waals surface area (Å²) in [6.45, 7) is 0. The molecule has 0 amide bonds. The number of nitrogens with two attached hydrogens (primary N) is 1. The summed E-state index contributed by atoms with van der Waals surface area (Å²) < 4.78 is 39.0. The largest absolute Gasteiger partial charge is 0.384 e. The molecule has 82 valence electrons. The standard InChI is InChI=1S/C11H7F3N2/c12-8-4-10(14)9(13)3-7(8)6-1-2-11(15)16-5-6/h1-5H,(H2,15,16). The molecule has 1 aromatic heterocycles. The normalized spacial score (nSPS) is 10.4. The third kappa shape index (κ3) is 1.84. The molecule has 1 heterocycles. The first kappa shape index (κ1) is 10.5. The van der Waals surface area contributed by atoms with Crippen LogP contribution in [0, 0.1) is 17.5 Å². The highest BCUT2D eigenvalue weighted by atomic mass is 19.2. The van der Waals surface area contributed by atoms with Gasteiger partial charge in [-0.25, -0.2) is 18.2 Å². The predicted octanol–water partition coefficient (Wildman–Crippen LogP) is 2.75. The lowest BCUT2D eigenvalue weighted by Crippen LogP contribution is -1.93. The van der Waals surface area contributed by atoms with Crippen LogP contribution in [0.2, 0.25) is 0 Å². The van der Waals surface area contributed by atoms with Crippen LogP contribution in [-0.4, -0.2) is 4.98 Å². The van der Waals surface area contributed by atoms with E-state index in [0.717, 1.165) is 6.07 Å². The maximum Gasteiger partial charge on any atom is 0.161 e. The highest BCUT2D eigenvalue weighted by molar-refractivity contribution is 5.64. The Hall–Kier alpha value is -2.04. The van der Waals surface area contributed by atoms with E-state index in [9.17, 15) is 13.2 Å². The molecule has 0 spiro atoms. The van der Waals surface area contributed by atoms with Gasteiger partial charge >= 0.3 is 0 Å². The van der Waals surface area contributed by atoms with Gasteiger partial charge in [0.25, 0.3) is 0 Å². The molecule has 0 aliphatic carbocycles. The lowest BCUT2D eigenvalue weighted by atomic mass is 10.1. The molecular formula is C11H7F3N2. The second kappa shape index (κ2) is 3.84. The monoisotopic (exact) mass is 224 g/mol. The first-order valence-electron chi connectivity index (χ1n) is 4.44. The van der Waals surface area contributed by atoms with E-state index in [4.69, 9.17) is 5.73 Å². The van der Waals surface area contributed by atoms with Gasteiger partial charge in [-0.15, -0.1) is 0 Å². The Morgan fingerprint density at radius 1 is 0.938 bits per heavy atom. The van der Waals surface area contributed by atoms with Gasteiger partial charge in [-0.05, 0) is 18.2 Å². The number of anilines is 1. The van der Waals surface area contributed by atoms with Gasteiger partial charge < -0.3 is 5.73 Å². The van der Waals surface area contributed by atoms with Gasteiger partial charge in [0.1, 0.15) is 11.6 Å². The summed E-state index contributed by atoms with van der Waals surface area (Å²) in [6, 6.07) is 4.23. The summed E-state index contributed by atoms with van der Waals surface area (Å²) in [6.07, 6.45) is 1.30. The van der Waals surface area contributed by atoms with Gasteiger partial charge in [-0.3, -0.25) is 0 Å². The smallest absolute Gasteiger partial charge is 0.161 e. The fraction of sp³-hybridized carbons (Fsp3) is 0. The number of hydrogen-bond donors (Lipinski definition) is 1. The Bertz CT molecular complexity index is 523. The zero-order valence-corrected chi connectivity index (χ0v) is 8.05. The lowest BCUT2D eigenvalue weighted by molar-refractivity contribution is 0.496. The van der Waals surface area contributed by atoms with Gasteiger partial charge in [0.15, 0.2) is 11.6 Å². The quantitative estimate of drug-likeness (QED) is 0.756. The van der Waals surface area contributed by atoms with Gasteiger partial charge in [-0.2, -0.15) is 0 Å². The lowest BCUT2D eigenvalue weighted by Gasteiger charge is -2.04. The van der Waals surface area contributed by atoms with E-state index in [0.29, 0.717) is 11.6 Å². The fourth-order valence-electron chi connectivity index (χ4n) is 1.31. The highest BCUT2D eigenvalue weighted by Crippen LogP contribution is 2.24. The number of pyridine rings is 1. The number of aromatic nitrogens is 1. The Labute approximate surface area is 89.5 Å². The Balaban J connectivity index is 2.56. The van der Waals surface area contributed by atoms with Gasteiger partial charge in [0.05, 0.1) is 0 Å². The molecule has 5 heteroatoms. The van der Waals surface area contributed by atoms with Crippen molar-refractivity contribution in [3.63, 3.8) is 0 Å². The molecule has 0 saturated carbocycles. The van der Waals surface area contributed by atoms with E-state index in [1.807, 2.05) is 0 Å². The molecule has 0 fully saturated rings. The molecule has 0 unspecified atom stereocenters. The number of hydrogen-bond acceptors (Lipinski definition) is 2. The minimum atomic E-state index is -1.22. The van der Waals surface area contributed by atoms with E-state index in [2.05, 4.69) is 4.98 Å². The van der Waals surface area contributed by atoms with Crippen molar-refractivity contribution in [1.29, 1.82) is 0 Å². The third-order valence-corrected chi connectivity index (χ3v) is 2.11. The molecule has 0 aliphatic heterocycles. The highest BCUT2D eigenvalue weighted by Gasteiger charge is 2.11. The first-order chi connectivity index (χ1) is 7.58. The van der Waals surface area contributed by atoms with Crippen molar-refractivity contribution in [3.8, 4) is 11.1 Å². The van der Waals surface area contributed by atoms with Crippen LogP contribution in [0.5, 0.6) is 0 Å². The zero-order chi connectivity index (χ0) is 11.7. The maximum atomic E-state index is 13.4. The molecule has 0 atom stereocenters. The average Bonchev–Trinajstić information content (AvgIpc) is 2.25. The van der Waals surface area contributed by atoms with E-state index in [-0.39, 0.29) is 11.4 Å². The van der Waals surface area contributed by atoms with Crippen molar-refractivity contribution in [2.24, 2.45) is 0 Å². The topological polar surface area (TPSA) is 38.9 Å². The second-order valence-electron chi connectivity index (χ2n) is 3.22. The summed E-state index contributed by atoms with van der Waals surface area (Å²) in [5.41, 5.74) is 5.65. The van der Waals surface area contributed by atoms with Crippen LogP contribution in [0.15, 0.2) is 30.5 Å². The van der Waals surface area contributed by atoms with E-state index in [1.165, 1.54) is 18.3 Å². The minimum Gasteiger partial charge on any atom is -0.384 e. The molecule has 16 heavy (non-hydrogen) atoms. The summed E-state index contributed by atoms with van der Waals surface area (Å²) in [7, 11) is 0. The van der Waals surface area contributed by atoms with Gasteiger partial charge in [0.2, 0.25) is 0 Å². The average molecular weight is 224 g/mol.